The number of hydrogen-bond donors (Lipinski definition) is 3. The molecule has 0 radical (unpaired) electrons. The molecular formula is C18H21F3N2O4S. The van der Waals surface area contributed by atoms with Gasteiger partial charge in [0.25, 0.3) is 10.1 Å². The summed E-state index contributed by atoms with van der Waals surface area (Å²) >= 11 is 0. The van der Waals surface area contributed by atoms with Crippen LogP contribution >= 0.6 is 0 Å². The molecule has 0 aliphatic carbocycles. The summed E-state index contributed by atoms with van der Waals surface area (Å²) in [6.07, 6.45) is -3.61. The lowest BCUT2D eigenvalue weighted by Gasteiger charge is -2.11. The van der Waals surface area contributed by atoms with E-state index in [1.807, 2.05) is 24.3 Å². The monoisotopic (exact) mass is 418 g/mol. The van der Waals surface area contributed by atoms with E-state index >= 15 is 0 Å². The number of carbonyl (C=O) groups is 1. The zero-order valence-electron chi connectivity index (χ0n) is 15.2. The molecule has 0 fully saturated rings. The lowest BCUT2D eigenvalue weighted by Crippen LogP contribution is -2.38. The first-order valence-electron chi connectivity index (χ1n) is 7.99. The van der Waals surface area contributed by atoms with E-state index < -0.39 is 33.8 Å². The van der Waals surface area contributed by atoms with E-state index in [0.717, 1.165) is 23.3 Å². The van der Waals surface area contributed by atoms with Crippen molar-refractivity contribution in [2.24, 2.45) is 5.73 Å². The molecule has 0 spiro atoms. The summed E-state index contributed by atoms with van der Waals surface area (Å²) in [5.74, 6) is -0.425. The molecule has 2 aromatic rings. The van der Waals surface area contributed by atoms with E-state index in [0.29, 0.717) is 18.4 Å². The largest absolute Gasteiger partial charge is 0.416 e. The average molecular weight is 418 g/mol. The summed E-state index contributed by atoms with van der Waals surface area (Å²) < 4.78 is 63.5. The Morgan fingerprint density at radius 1 is 1.07 bits per heavy atom. The van der Waals surface area contributed by atoms with Gasteiger partial charge >= 0.3 is 6.18 Å². The van der Waals surface area contributed by atoms with Crippen LogP contribution in [0.25, 0.3) is 11.1 Å². The number of benzene rings is 2. The first kappa shape index (κ1) is 23.6. The van der Waals surface area contributed by atoms with Crippen LogP contribution in [0.15, 0.2) is 48.5 Å². The Morgan fingerprint density at radius 3 is 1.82 bits per heavy atom. The summed E-state index contributed by atoms with van der Waals surface area (Å²) in [6, 6.07) is 12.0. The number of nitrogens with two attached hydrogens (primary N) is 1. The molecule has 10 heteroatoms. The van der Waals surface area contributed by atoms with Crippen molar-refractivity contribution >= 4 is 16.0 Å². The fraction of sp³-hybridized carbons (Fsp3) is 0.278. The molecule has 6 nitrogen and oxygen atoms in total. The number of halogens is 3. The van der Waals surface area contributed by atoms with Gasteiger partial charge in [-0.1, -0.05) is 36.4 Å². The second-order valence-corrected chi connectivity index (χ2v) is 7.48. The van der Waals surface area contributed by atoms with Gasteiger partial charge in [0.2, 0.25) is 5.91 Å². The second-order valence-electron chi connectivity index (χ2n) is 6.01. The first-order chi connectivity index (χ1) is 12.8. The third-order valence-electron chi connectivity index (χ3n) is 3.54. The number of primary amides is 1. The maximum Gasteiger partial charge on any atom is 0.416 e. The van der Waals surface area contributed by atoms with Crippen molar-refractivity contribution in [3.63, 3.8) is 0 Å². The van der Waals surface area contributed by atoms with Gasteiger partial charge in [0.15, 0.2) is 0 Å². The quantitative estimate of drug-likeness (QED) is 0.647. The average Bonchev–Trinajstić information content (AvgIpc) is 2.58. The molecule has 2 aromatic carbocycles. The predicted octanol–water partition coefficient (Wildman–Crippen LogP) is 2.84. The minimum absolute atomic E-state index is 0.425. The molecule has 0 aromatic heterocycles. The Morgan fingerprint density at radius 2 is 1.46 bits per heavy atom. The van der Waals surface area contributed by atoms with E-state index in [1.54, 1.807) is 6.92 Å². The molecule has 0 unspecified atom stereocenters. The van der Waals surface area contributed by atoms with Crippen molar-refractivity contribution in [1.82, 2.24) is 5.32 Å². The van der Waals surface area contributed by atoms with Crippen molar-refractivity contribution in [2.75, 3.05) is 6.26 Å². The Labute approximate surface area is 161 Å². The predicted molar refractivity (Wildman–Crippen MR) is 99.8 cm³/mol. The van der Waals surface area contributed by atoms with Gasteiger partial charge in [-0.2, -0.15) is 21.6 Å². The summed E-state index contributed by atoms with van der Waals surface area (Å²) in [7, 11) is -3.67. The lowest BCUT2D eigenvalue weighted by atomic mass is 10.0. The highest BCUT2D eigenvalue weighted by Crippen LogP contribution is 2.31. The van der Waals surface area contributed by atoms with Crippen LogP contribution in [0.5, 0.6) is 0 Å². The van der Waals surface area contributed by atoms with Gasteiger partial charge < -0.3 is 11.1 Å². The van der Waals surface area contributed by atoms with Crippen LogP contribution in [0.4, 0.5) is 13.2 Å². The van der Waals surface area contributed by atoms with E-state index in [9.17, 15) is 26.4 Å². The molecule has 0 aliphatic rings. The van der Waals surface area contributed by atoms with Gasteiger partial charge in [0, 0.05) is 6.54 Å². The van der Waals surface area contributed by atoms with E-state index in [2.05, 4.69) is 5.32 Å². The fourth-order valence-electron chi connectivity index (χ4n) is 2.04. The smallest absolute Gasteiger partial charge is 0.368 e. The number of alkyl halides is 3. The Hall–Kier alpha value is -2.43. The molecule has 2 rings (SSSR count). The van der Waals surface area contributed by atoms with Gasteiger partial charge in [-0.25, -0.2) is 0 Å². The molecule has 4 N–H and O–H groups in total. The van der Waals surface area contributed by atoms with Gasteiger partial charge in [0.1, 0.15) is 0 Å². The van der Waals surface area contributed by atoms with Crippen molar-refractivity contribution in [3.8, 4) is 11.1 Å². The van der Waals surface area contributed by atoms with E-state index in [1.165, 1.54) is 12.1 Å². The van der Waals surface area contributed by atoms with Gasteiger partial charge in [-0.05, 0) is 35.7 Å². The van der Waals surface area contributed by atoms with E-state index in [4.69, 9.17) is 10.3 Å². The van der Waals surface area contributed by atoms with Crippen LogP contribution in [0.1, 0.15) is 18.1 Å². The van der Waals surface area contributed by atoms with Crippen LogP contribution in [0.2, 0.25) is 0 Å². The minimum Gasteiger partial charge on any atom is -0.368 e. The van der Waals surface area contributed by atoms with Crippen molar-refractivity contribution in [3.05, 3.63) is 59.7 Å². The van der Waals surface area contributed by atoms with Crippen molar-refractivity contribution in [2.45, 2.75) is 25.7 Å². The fourth-order valence-corrected chi connectivity index (χ4v) is 2.04. The number of nitrogens with one attached hydrogen (secondary N) is 1. The number of amides is 1. The Balaban J connectivity index is 0.000000696. The van der Waals surface area contributed by atoms with Crippen LogP contribution in [-0.4, -0.2) is 31.2 Å². The highest BCUT2D eigenvalue weighted by Gasteiger charge is 2.29. The molecule has 0 heterocycles. The van der Waals surface area contributed by atoms with E-state index in [-0.39, 0.29) is 0 Å². The molecule has 0 bridgehead atoms. The molecule has 154 valence electrons. The van der Waals surface area contributed by atoms with Crippen LogP contribution in [0.3, 0.4) is 0 Å². The number of carbonyl (C=O) groups excluding carboxylic acids is 1. The molecule has 28 heavy (non-hydrogen) atoms. The summed E-state index contributed by atoms with van der Waals surface area (Å²) in [4.78, 5) is 10.9. The minimum atomic E-state index is -4.33. The zero-order valence-corrected chi connectivity index (χ0v) is 16.0. The number of hydrogen-bond acceptors (Lipinski definition) is 4. The normalized spacial score (nSPS) is 12.6. The maximum atomic E-state index is 12.5. The third kappa shape index (κ3) is 8.98. The van der Waals surface area contributed by atoms with Crippen molar-refractivity contribution < 1.29 is 30.9 Å². The topological polar surface area (TPSA) is 109 Å². The summed E-state index contributed by atoms with van der Waals surface area (Å²) in [5, 5.41) is 2.98. The summed E-state index contributed by atoms with van der Waals surface area (Å²) in [6.45, 7) is 2.16. The van der Waals surface area contributed by atoms with Gasteiger partial charge in [-0.15, -0.1) is 0 Å². The second kappa shape index (κ2) is 9.67. The van der Waals surface area contributed by atoms with Crippen molar-refractivity contribution in [1.29, 1.82) is 0 Å². The molecular weight excluding hydrogens is 397 g/mol. The Bertz CT molecular complexity index is 873. The lowest BCUT2D eigenvalue weighted by molar-refractivity contribution is -0.137. The molecule has 0 aliphatic heterocycles. The standard InChI is InChI=1S/C17H17F3N2O.CH4O3S/c1-11(16(21)23)22-10-12-2-4-13(5-3-12)14-6-8-15(9-7-14)17(18,19)20;1-5(2,3)4/h2-9,11,22H,10H2,1H3,(H2,21,23);1H3,(H,2,3,4)/t11-;/m0./s1. The van der Waals surface area contributed by atoms with Crippen LogP contribution < -0.4 is 11.1 Å². The zero-order chi connectivity index (χ0) is 21.5. The number of rotatable bonds is 5. The van der Waals surface area contributed by atoms with Gasteiger partial charge in [-0.3, -0.25) is 9.35 Å². The Kier molecular flexibility index (Phi) is 8.15. The maximum absolute atomic E-state index is 12.5. The first-order valence-corrected chi connectivity index (χ1v) is 9.84. The third-order valence-corrected chi connectivity index (χ3v) is 3.54. The highest BCUT2D eigenvalue weighted by atomic mass is 32.2. The highest BCUT2D eigenvalue weighted by molar-refractivity contribution is 7.85. The van der Waals surface area contributed by atoms with Crippen LogP contribution in [-0.2, 0) is 27.6 Å². The summed E-state index contributed by atoms with van der Waals surface area (Å²) in [5.41, 5.74) is 6.99. The van der Waals surface area contributed by atoms with Gasteiger partial charge in [0.05, 0.1) is 17.9 Å². The van der Waals surface area contributed by atoms with Crippen LogP contribution in [0, 0.1) is 0 Å². The molecule has 1 amide bonds. The molecule has 0 saturated carbocycles. The molecule has 0 saturated heterocycles. The SMILES string of the molecule is CS(=O)(=O)O.C[C@H](NCc1ccc(-c2ccc(C(F)(F)F)cc2)cc1)C(N)=O. The molecule has 1 atom stereocenters.